The molecular formula is C33H48S. The Kier molecular flexibility index (Phi) is 9.07. The molecule has 1 aromatic heterocycles. The van der Waals surface area contributed by atoms with Crippen LogP contribution in [0, 0.1) is 11.8 Å². The van der Waals surface area contributed by atoms with Gasteiger partial charge in [0.1, 0.15) is 0 Å². The van der Waals surface area contributed by atoms with Gasteiger partial charge in [0.25, 0.3) is 0 Å². The quantitative estimate of drug-likeness (QED) is 0.223. The minimum atomic E-state index is 0.256. The number of thiophene rings is 1. The minimum Gasteiger partial charge on any atom is -0.149 e. The molecule has 1 aliphatic carbocycles. The maximum Gasteiger partial charge on any atom is 0.00452 e. The van der Waals surface area contributed by atoms with E-state index in [4.69, 9.17) is 0 Å². The lowest BCUT2D eigenvalue weighted by molar-refractivity contribution is 0.332. The Bertz CT molecular complexity index is 970. The highest BCUT2D eigenvalue weighted by Gasteiger charge is 2.37. The van der Waals surface area contributed by atoms with Gasteiger partial charge in [0.05, 0.1) is 0 Å². The van der Waals surface area contributed by atoms with Crippen molar-refractivity contribution in [2.75, 3.05) is 0 Å². The molecular weight excluding hydrogens is 428 g/mol. The number of unbranched alkanes of at least 4 members (excludes halogenated alkanes) is 1. The lowest BCUT2D eigenvalue weighted by Gasteiger charge is -2.42. The summed E-state index contributed by atoms with van der Waals surface area (Å²) in [4.78, 5) is 1.52. The molecule has 34 heavy (non-hydrogen) atoms. The third kappa shape index (κ3) is 6.54. The molecule has 0 amide bonds. The molecule has 1 aromatic carbocycles. The molecule has 0 radical (unpaired) electrons. The predicted molar refractivity (Wildman–Crippen MR) is 154 cm³/mol. The fraction of sp³-hybridized carbons (Fsp3) is 0.576. The van der Waals surface area contributed by atoms with Crippen LogP contribution in [0.1, 0.15) is 115 Å². The highest BCUT2D eigenvalue weighted by atomic mass is 32.1. The molecule has 1 aliphatic rings. The van der Waals surface area contributed by atoms with E-state index in [1.165, 1.54) is 73.0 Å². The summed E-state index contributed by atoms with van der Waals surface area (Å²) in [5.74, 6) is 1.05. The summed E-state index contributed by atoms with van der Waals surface area (Å²) in [7, 11) is 0. The average Bonchev–Trinajstić information content (AvgIpc) is 3.32. The van der Waals surface area contributed by atoms with E-state index < -0.39 is 0 Å². The minimum absolute atomic E-state index is 0.256. The third-order valence-electron chi connectivity index (χ3n) is 8.36. The van der Waals surface area contributed by atoms with Gasteiger partial charge >= 0.3 is 0 Å². The van der Waals surface area contributed by atoms with Crippen molar-refractivity contribution < 1.29 is 0 Å². The molecule has 0 bridgehead atoms. The van der Waals surface area contributed by atoms with Crippen molar-refractivity contribution >= 4 is 16.9 Å². The molecule has 1 heteroatoms. The molecule has 0 fully saturated rings. The number of fused-ring (bicyclic) bond motifs is 1. The van der Waals surface area contributed by atoms with Gasteiger partial charge in [0.2, 0.25) is 0 Å². The number of allylic oxidation sites excluding steroid dienone is 3. The number of hydrogen-bond donors (Lipinski definition) is 0. The summed E-state index contributed by atoms with van der Waals surface area (Å²) >= 11 is 1.89. The fourth-order valence-electron chi connectivity index (χ4n) is 5.79. The Hall–Kier alpha value is -1.60. The van der Waals surface area contributed by atoms with Crippen LogP contribution in [0.25, 0.3) is 5.57 Å². The standard InChI is InChI=1S/C33H48S/c1-9-13-27(14-10-11-15-29-16-12-21-34-29)26(4)24(2)22-25(3)28-17-18-30-31(23-28)33(7,8)20-19-32(30,5)6/h12,16-18,21-24,27H,4,9-11,13-15,19-20H2,1-3,5-8H3/b25-22+. The molecule has 0 saturated carbocycles. The summed E-state index contributed by atoms with van der Waals surface area (Å²) in [6, 6.07) is 11.7. The van der Waals surface area contributed by atoms with Crippen molar-refractivity contribution in [3.63, 3.8) is 0 Å². The normalized spacial score (nSPS) is 18.9. The molecule has 2 unspecified atom stereocenters. The summed E-state index contributed by atoms with van der Waals surface area (Å²) < 4.78 is 0. The second kappa shape index (κ2) is 11.4. The zero-order chi connectivity index (χ0) is 24.9. The highest BCUT2D eigenvalue weighted by Crippen LogP contribution is 2.46. The predicted octanol–water partition coefficient (Wildman–Crippen LogP) is 10.5. The molecule has 2 aromatic rings. The molecule has 0 nitrogen and oxygen atoms in total. The van der Waals surface area contributed by atoms with Crippen molar-refractivity contribution in [3.8, 4) is 0 Å². The van der Waals surface area contributed by atoms with Gasteiger partial charge in [-0.25, -0.2) is 0 Å². The number of rotatable bonds is 11. The lowest BCUT2D eigenvalue weighted by Crippen LogP contribution is -2.33. The van der Waals surface area contributed by atoms with Crippen molar-refractivity contribution in [1.29, 1.82) is 0 Å². The monoisotopic (exact) mass is 476 g/mol. The summed E-state index contributed by atoms with van der Waals surface area (Å²) in [5.41, 5.74) is 7.83. The molecule has 2 atom stereocenters. The van der Waals surface area contributed by atoms with Crippen LogP contribution in [0.2, 0.25) is 0 Å². The largest absolute Gasteiger partial charge is 0.149 e. The van der Waals surface area contributed by atoms with E-state index in [-0.39, 0.29) is 10.8 Å². The topological polar surface area (TPSA) is 0 Å². The fourth-order valence-corrected chi connectivity index (χ4v) is 6.54. The smallest absolute Gasteiger partial charge is 0.00452 e. The van der Waals surface area contributed by atoms with E-state index in [0.29, 0.717) is 11.8 Å². The Morgan fingerprint density at radius 1 is 1.03 bits per heavy atom. The van der Waals surface area contributed by atoms with E-state index in [1.807, 2.05) is 11.3 Å². The Morgan fingerprint density at radius 3 is 2.38 bits per heavy atom. The zero-order valence-electron chi connectivity index (χ0n) is 23.0. The zero-order valence-corrected chi connectivity index (χ0v) is 23.8. The highest BCUT2D eigenvalue weighted by molar-refractivity contribution is 7.09. The van der Waals surface area contributed by atoms with Crippen LogP contribution >= 0.6 is 11.3 Å². The first-order valence-electron chi connectivity index (χ1n) is 13.6. The van der Waals surface area contributed by atoms with Crippen molar-refractivity contribution in [2.45, 2.75) is 111 Å². The van der Waals surface area contributed by atoms with Gasteiger partial charge in [-0.1, -0.05) is 96.9 Å². The van der Waals surface area contributed by atoms with Gasteiger partial charge in [-0.3, -0.25) is 0 Å². The number of aryl methyl sites for hydroxylation is 1. The van der Waals surface area contributed by atoms with Crippen molar-refractivity contribution in [2.24, 2.45) is 11.8 Å². The first kappa shape index (κ1) is 27.0. The van der Waals surface area contributed by atoms with Gasteiger partial charge in [0, 0.05) is 4.88 Å². The van der Waals surface area contributed by atoms with Crippen molar-refractivity contribution in [1.82, 2.24) is 0 Å². The van der Waals surface area contributed by atoms with E-state index in [0.717, 1.165) is 0 Å². The first-order chi connectivity index (χ1) is 16.0. The van der Waals surface area contributed by atoms with Gasteiger partial charge in [-0.2, -0.15) is 0 Å². The molecule has 186 valence electrons. The molecule has 0 saturated heterocycles. The van der Waals surface area contributed by atoms with E-state index >= 15 is 0 Å². The maximum atomic E-state index is 4.62. The number of benzene rings is 1. The molecule has 0 N–H and O–H groups in total. The summed E-state index contributed by atoms with van der Waals surface area (Å²) in [5, 5.41) is 2.19. The van der Waals surface area contributed by atoms with Crippen LogP contribution in [0.3, 0.4) is 0 Å². The van der Waals surface area contributed by atoms with E-state index in [1.54, 1.807) is 11.1 Å². The van der Waals surface area contributed by atoms with Gasteiger partial charge in [0.15, 0.2) is 0 Å². The second-order valence-electron chi connectivity index (χ2n) is 12.1. The maximum absolute atomic E-state index is 4.62. The molecule has 1 heterocycles. The molecule has 0 aliphatic heterocycles. The second-order valence-corrected chi connectivity index (χ2v) is 13.1. The summed E-state index contributed by atoms with van der Waals surface area (Å²) in [6.45, 7) is 21.2. The van der Waals surface area contributed by atoms with Crippen LogP contribution < -0.4 is 0 Å². The van der Waals surface area contributed by atoms with Crippen LogP contribution in [0.4, 0.5) is 0 Å². The molecule has 0 spiro atoms. The first-order valence-corrected chi connectivity index (χ1v) is 14.5. The van der Waals surface area contributed by atoms with Crippen LogP contribution in [0.5, 0.6) is 0 Å². The average molecular weight is 477 g/mol. The third-order valence-corrected chi connectivity index (χ3v) is 9.30. The summed E-state index contributed by atoms with van der Waals surface area (Å²) in [6.07, 6.45) is 12.6. The Labute approximate surface area is 214 Å². The van der Waals surface area contributed by atoms with Gasteiger partial charge in [-0.15, -0.1) is 11.3 Å². The van der Waals surface area contributed by atoms with E-state index in [2.05, 4.69) is 96.8 Å². The molecule has 3 rings (SSSR count). The SMILES string of the molecule is C=C(C(C)/C=C(\C)c1ccc2c(c1)C(C)(C)CCC2(C)C)C(CCC)CCCCc1cccs1. The van der Waals surface area contributed by atoms with Gasteiger partial charge < -0.3 is 0 Å². The Balaban J connectivity index is 1.69. The lowest BCUT2D eigenvalue weighted by atomic mass is 9.63. The van der Waals surface area contributed by atoms with Gasteiger partial charge in [-0.05, 0) is 102 Å². The van der Waals surface area contributed by atoms with Crippen LogP contribution in [-0.4, -0.2) is 0 Å². The van der Waals surface area contributed by atoms with Crippen LogP contribution in [-0.2, 0) is 17.3 Å². The van der Waals surface area contributed by atoms with Crippen molar-refractivity contribution in [3.05, 3.63) is 75.5 Å². The van der Waals surface area contributed by atoms with E-state index in [9.17, 15) is 0 Å². The van der Waals surface area contributed by atoms with Crippen LogP contribution in [0.15, 0.2) is 53.9 Å². The number of hydrogen-bond acceptors (Lipinski definition) is 1. The Morgan fingerprint density at radius 2 is 1.74 bits per heavy atom.